The van der Waals surface area contributed by atoms with Crippen LogP contribution in [-0.4, -0.2) is 18.2 Å². The van der Waals surface area contributed by atoms with E-state index in [-0.39, 0.29) is 5.97 Å². The molecule has 0 aromatic heterocycles. The lowest BCUT2D eigenvalue weighted by atomic mass is 10.1. The van der Waals surface area contributed by atoms with Crippen LogP contribution >= 0.6 is 11.6 Å². The van der Waals surface area contributed by atoms with Gasteiger partial charge in [0.15, 0.2) is 5.60 Å². The van der Waals surface area contributed by atoms with Crippen LogP contribution in [0.15, 0.2) is 24.3 Å². The average molecular weight is 271 g/mol. The monoisotopic (exact) mass is 270 g/mol. The fourth-order valence-electron chi connectivity index (χ4n) is 1.32. The van der Waals surface area contributed by atoms with E-state index in [4.69, 9.17) is 21.1 Å². The van der Waals surface area contributed by atoms with Gasteiger partial charge in [0, 0.05) is 5.02 Å². The second kappa shape index (κ2) is 6.64. The Hall–Kier alpha value is -1.22. The lowest BCUT2D eigenvalue weighted by Gasteiger charge is -2.24. The fourth-order valence-corrected chi connectivity index (χ4v) is 1.45. The molecule has 4 heteroatoms. The Morgan fingerprint density at radius 2 is 1.89 bits per heavy atom. The molecule has 1 aromatic rings. The van der Waals surface area contributed by atoms with Crippen LogP contribution < -0.4 is 4.74 Å². The molecule has 18 heavy (non-hydrogen) atoms. The molecule has 0 aliphatic rings. The van der Waals surface area contributed by atoms with Crippen LogP contribution in [0, 0.1) is 0 Å². The molecule has 1 aromatic carbocycles. The quantitative estimate of drug-likeness (QED) is 0.582. The molecule has 0 saturated heterocycles. The maximum absolute atomic E-state index is 11.8. The van der Waals surface area contributed by atoms with Crippen LogP contribution in [0.3, 0.4) is 0 Å². The number of halogens is 1. The molecule has 0 saturated carbocycles. The molecule has 0 N–H and O–H groups in total. The molecule has 3 nitrogen and oxygen atoms in total. The number of rotatable bonds is 6. The minimum atomic E-state index is -0.998. The van der Waals surface area contributed by atoms with Crippen molar-refractivity contribution in [2.24, 2.45) is 0 Å². The summed E-state index contributed by atoms with van der Waals surface area (Å²) in [5.41, 5.74) is -0.998. The Morgan fingerprint density at radius 1 is 1.28 bits per heavy atom. The SMILES string of the molecule is CCCCOC(=O)C(C)(C)Oc1ccc(Cl)cc1. The zero-order valence-electron chi connectivity index (χ0n) is 11.0. The third-order valence-corrected chi connectivity index (χ3v) is 2.66. The molecule has 0 unspecified atom stereocenters. The van der Waals surface area contributed by atoms with Gasteiger partial charge in [-0.3, -0.25) is 0 Å². The number of unbranched alkanes of at least 4 members (excludes halogenated alkanes) is 1. The van der Waals surface area contributed by atoms with E-state index in [1.165, 1.54) is 0 Å². The first kappa shape index (κ1) is 14.8. The zero-order chi connectivity index (χ0) is 13.6. The van der Waals surface area contributed by atoms with Crippen LogP contribution in [0.1, 0.15) is 33.6 Å². The number of hydrogen-bond acceptors (Lipinski definition) is 3. The van der Waals surface area contributed by atoms with Gasteiger partial charge in [0.2, 0.25) is 0 Å². The van der Waals surface area contributed by atoms with Gasteiger partial charge in [0.1, 0.15) is 5.75 Å². The first-order valence-corrected chi connectivity index (χ1v) is 6.45. The highest BCUT2D eigenvalue weighted by atomic mass is 35.5. The highest BCUT2D eigenvalue weighted by Crippen LogP contribution is 2.21. The van der Waals surface area contributed by atoms with Gasteiger partial charge in [-0.25, -0.2) is 4.79 Å². The largest absolute Gasteiger partial charge is 0.476 e. The Balaban J connectivity index is 2.57. The van der Waals surface area contributed by atoms with Gasteiger partial charge in [-0.1, -0.05) is 24.9 Å². The molecule has 0 fully saturated rings. The molecule has 0 spiro atoms. The summed E-state index contributed by atoms with van der Waals surface area (Å²) in [7, 11) is 0. The van der Waals surface area contributed by atoms with Crippen LogP contribution in [0.5, 0.6) is 5.75 Å². The molecule has 1 rings (SSSR count). The molecule has 0 amide bonds. The fraction of sp³-hybridized carbons (Fsp3) is 0.500. The molecular weight excluding hydrogens is 252 g/mol. The van der Waals surface area contributed by atoms with Gasteiger partial charge in [-0.15, -0.1) is 0 Å². The summed E-state index contributed by atoms with van der Waals surface area (Å²) >= 11 is 5.78. The van der Waals surface area contributed by atoms with Crippen molar-refractivity contribution in [1.82, 2.24) is 0 Å². The van der Waals surface area contributed by atoms with E-state index in [1.54, 1.807) is 38.1 Å². The Labute approximate surface area is 113 Å². The summed E-state index contributed by atoms with van der Waals surface area (Å²) in [6.45, 7) is 5.86. The van der Waals surface area contributed by atoms with E-state index in [0.29, 0.717) is 17.4 Å². The van der Waals surface area contributed by atoms with Crippen LogP contribution in [0.4, 0.5) is 0 Å². The van der Waals surface area contributed by atoms with Crippen molar-refractivity contribution >= 4 is 17.6 Å². The molecule has 0 bridgehead atoms. The number of benzene rings is 1. The molecule has 100 valence electrons. The number of carbonyl (C=O) groups excluding carboxylic acids is 1. The summed E-state index contributed by atoms with van der Waals surface area (Å²) in [6.07, 6.45) is 1.86. The van der Waals surface area contributed by atoms with Crippen LogP contribution in [-0.2, 0) is 9.53 Å². The molecule has 0 heterocycles. The highest BCUT2D eigenvalue weighted by Gasteiger charge is 2.31. The first-order chi connectivity index (χ1) is 8.45. The molecule has 0 aliphatic heterocycles. The summed E-state index contributed by atoms with van der Waals surface area (Å²) in [5, 5.41) is 0.630. The predicted molar refractivity (Wildman–Crippen MR) is 72.0 cm³/mol. The molecule has 0 radical (unpaired) electrons. The van der Waals surface area contributed by atoms with Gasteiger partial charge >= 0.3 is 5.97 Å². The third kappa shape index (κ3) is 4.57. The van der Waals surface area contributed by atoms with Crippen molar-refractivity contribution in [1.29, 1.82) is 0 Å². The summed E-state index contributed by atoms with van der Waals surface area (Å²) in [4.78, 5) is 11.8. The topological polar surface area (TPSA) is 35.5 Å². The zero-order valence-corrected chi connectivity index (χ0v) is 11.8. The van der Waals surface area contributed by atoms with Gasteiger partial charge in [-0.05, 0) is 44.5 Å². The normalized spacial score (nSPS) is 11.1. The van der Waals surface area contributed by atoms with Crippen molar-refractivity contribution in [2.75, 3.05) is 6.61 Å². The van der Waals surface area contributed by atoms with Crippen LogP contribution in [0.2, 0.25) is 5.02 Å². The number of hydrogen-bond donors (Lipinski definition) is 0. The third-order valence-electron chi connectivity index (χ3n) is 2.41. The predicted octanol–water partition coefficient (Wildman–Crippen LogP) is 3.84. The Kier molecular flexibility index (Phi) is 5.48. The second-order valence-electron chi connectivity index (χ2n) is 4.56. The maximum atomic E-state index is 11.8. The van der Waals surface area contributed by atoms with Crippen molar-refractivity contribution in [3.63, 3.8) is 0 Å². The van der Waals surface area contributed by atoms with Gasteiger partial charge in [0.25, 0.3) is 0 Å². The van der Waals surface area contributed by atoms with Crippen molar-refractivity contribution in [2.45, 2.75) is 39.2 Å². The summed E-state index contributed by atoms with van der Waals surface area (Å²) in [5.74, 6) is 0.239. The van der Waals surface area contributed by atoms with E-state index in [2.05, 4.69) is 0 Å². The minimum Gasteiger partial charge on any atom is -0.476 e. The lowest BCUT2D eigenvalue weighted by Crippen LogP contribution is -2.39. The van der Waals surface area contributed by atoms with E-state index < -0.39 is 5.60 Å². The molecule has 0 aliphatic carbocycles. The maximum Gasteiger partial charge on any atom is 0.349 e. The van der Waals surface area contributed by atoms with E-state index >= 15 is 0 Å². The number of esters is 1. The van der Waals surface area contributed by atoms with Gasteiger partial charge in [-0.2, -0.15) is 0 Å². The smallest absolute Gasteiger partial charge is 0.349 e. The number of carbonyl (C=O) groups is 1. The standard InChI is InChI=1S/C14H19ClO3/c1-4-5-10-17-13(16)14(2,3)18-12-8-6-11(15)7-9-12/h6-9H,4-5,10H2,1-3H3. The van der Waals surface area contributed by atoms with Gasteiger partial charge < -0.3 is 9.47 Å². The van der Waals surface area contributed by atoms with Crippen molar-refractivity contribution in [3.05, 3.63) is 29.3 Å². The first-order valence-electron chi connectivity index (χ1n) is 6.07. The highest BCUT2D eigenvalue weighted by molar-refractivity contribution is 6.30. The average Bonchev–Trinajstić information content (AvgIpc) is 2.32. The minimum absolute atomic E-state index is 0.356. The van der Waals surface area contributed by atoms with E-state index in [0.717, 1.165) is 12.8 Å². The van der Waals surface area contributed by atoms with Gasteiger partial charge in [0.05, 0.1) is 6.61 Å². The Morgan fingerprint density at radius 3 is 2.44 bits per heavy atom. The van der Waals surface area contributed by atoms with Crippen LogP contribution in [0.25, 0.3) is 0 Å². The van der Waals surface area contributed by atoms with Crippen molar-refractivity contribution in [3.8, 4) is 5.75 Å². The summed E-state index contributed by atoms with van der Waals surface area (Å²) in [6, 6.07) is 6.89. The van der Waals surface area contributed by atoms with Crippen molar-refractivity contribution < 1.29 is 14.3 Å². The molecular formula is C14H19ClO3. The summed E-state index contributed by atoms with van der Waals surface area (Å²) < 4.78 is 10.8. The Bertz CT molecular complexity index is 385. The lowest BCUT2D eigenvalue weighted by molar-refractivity contribution is -0.159. The number of ether oxygens (including phenoxy) is 2. The second-order valence-corrected chi connectivity index (χ2v) is 4.99. The van der Waals surface area contributed by atoms with E-state index in [1.807, 2.05) is 6.92 Å². The van der Waals surface area contributed by atoms with E-state index in [9.17, 15) is 4.79 Å². The molecule has 0 atom stereocenters.